The minimum Gasteiger partial charge on any atom is -0.480 e. The molecule has 13 nitrogen and oxygen atoms in total. The van der Waals surface area contributed by atoms with Gasteiger partial charge >= 0.3 is 17.9 Å². The van der Waals surface area contributed by atoms with Crippen molar-refractivity contribution in [3.8, 4) is 0 Å². The summed E-state index contributed by atoms with van der Waals surface area (Å²) in [5.74, 6) is -3.08. The number of hydrogen-bond acceptors (Lipinski definition) is 9. The smallest absolute Gasteiger partial charge is 0.317 e. The Balaban J connectivity index is 2.08. The van der Waals surface area contributed by atoms with Gasteiger partial charge in [-0.25, -0.2) is 0 Å². The van der Waals surface area contributed by atoms with E-state index in [0.29, 0.717) is 71.7 Å². The largest absolute Gasteiger partial charge is 0.480 e. The lowest BCUT2D eigenvalue weighted by Gasteiger charge is -2.32. The number of benzene rings is 1. The fraction of sp³-hybridized carbons (Fsp3) is 0.621. The Bertz CT molecular complexity index is 1030. The molecule has 1 saturated heterocycles. The van der Waals surface area contributed by atoms with Gasteiger partial charge in [-0.2, -0.15) is 0 Å². The molecular formula is C29H45N5O8. The molecule has 0 bridgehead atoms. The number of ketones is 1. The number of nitrogens with one attached hydrogen (secondary N) is 1. The van der Waals surface area contributed by atoms with Crippen LogP contribution < -0.4 is 5.32 Å². The molecule has 1 aromatic rings. The van der Waals surface area contributed by atoms with E-state index in [2.05, 4.69) is 5.32 Å². The molecule has 13 heteroatoms. The van der Waals surface area contributed by atoms with Crippen molar-refractivity contribution in [2.24, 2.45) is 5.92 Å². The second-order valence-electron chi connectivity index (χ2n) is 11.0. The molecule has 0 atom stereocenters. The zero-order chi connectivity index (χ0) is 31.1. The van der Waals surface area contributed by atoms with E-state index < -0.39 is 17.9 Å². The molecule has 42 heavy (non-hydrogen) atoms. The summed E-state index contributed by atoms with van der Waals surface area (Å²) >= 11 is 0. The average Bonchev–Trinajstić information content (AvgIpc) is 2.91. The third-order valence-electron chi connectivity index (χ3n) is 7.25. The highest BCUT2D eigenvalue weighted by Crippen LogP contribution is 2.13. The van der Waals surface area contributed by atoms with E-state index >= 15 is 0 Å². The number of carbonyl (C=O) groups excluding carboxylic acids is 2. The van der Waals surface area contributed by atoms with Gasteiger partial charge in [0, 0.05) is 71.2 Å². The number of carboxylic acids is 3. The number of amides is 1. The quantitative estimate of drug-likeness (QED) is 0.228. The van der Waals surface area contributed by atoms with Crippen molar-refractivity contribution in [1.29, 1.82) is 0 Å². The van der Waals surface area contributed by atoms with Gasteiger partial charge in [-0.3, -0.25) is 43.6 Å². The number of nitrogens with zero attached hydrogens (tertiary/aromatic N) is 4. The van der Waals surface area contributed by atoms with Crippen LogP contribution in [0.3, 0.4) is 0 Å². The molecule has 1 aliphatic rings. The Morgan fingerprint density at radius 3 is 1.43 bits per heavy atom. The van der Waals surface area contributed by atoms with Crippen molar-refractivity contribution in [3.05, 3.63) is 35.4 Å². The molecule has 0 saturated carbocycles. The van der Waals surface area contributed by atoms with Crippen molar-refractivity contribution in [2.45, 2.75) is 33.2 Å². The van der Waals surface area contributed by atoms with Crippen molar-refractivity contribution in [1.82, 2.24) is 24.9 Å². The minimum atomic E-state index is -1.01. The Kier molecular flexibility index (Phi) is 15.1. The van der Waals surface area contributed by atoms with Crippen LogP contribution in [0, 0.1) is 5.92 Å². The highest BCUT2D eigenvalue weighted by Gasteiger charge is 2.21. The Labute approximate surface area is 247 Å². The molecule has 2 rings (SSSR count). The summed E-state index contributed by atoms with van der Waals surface area (Å²) in [6.07, 6.45) is 1.03. The first-order valence-electron chi connectivity index (χ1n) is 14.3. The summed E-state index contributed by atoms with van der Waals surface area (Å²) in [6, 6.07) is 7.67. The first-order chi connectivity index (χ1) is 19.9. The summed E-state index contributed by atoms with van der Waals surface area (Å²) < 4.78 is 0. The van der Waals surface area contributed by atoms with Crippen molar-refractivity contribution in [3.63, 3.8) is 0 Å². The molecule has 0 radical (unpaired) electrons. The lowest BCUT2D eigenvalue weighted by molar-refractivity contribution is -0.140. The molecule has 0 aromatic heterocycles. The van der Waals surface area contributed by atoms with Crippen LogP contribution >= 0.6 is 0 Å². The zero-order valence-corrected chi connectivity index (χ0v) is 24.7. The second kappa shape index (κ2) is 18.2. The Morgan fingerprint density at radius 2 is 1.05 bits per heavy atom. The number of aryl methyl sites for hydroxylation is 1. The lowest BCUT2D eigenvalue weighted by atomic mass is 9.98. The van der Waals surface area contributed by atoms with Crippen LogP contribution in [0.1, 0.15) is 31.4 Å². The third-order valence-corrected chi connectivity index (χ3v) is 7.25. The summed E-state index contributed by atoms with van der Waals surface area (Å²) in [5.41, 5.74) is 1.94. The van der Waals surface area contributed by atoms with Crippen LogP contribution in [0.4, 0.5) is 0 Å². The fourth-order valence-corrected chi connectivity index (χ4v) is 4.76. The summed E-state index contributed by atoms with van der Waals surface area (Å²) in [6.45, 7) is 6.09. The molecule has 234 valence electrons. The summed E-state index contributed by atoms with van der Waals surface area (Å²) in [7, 11) is 0. The SMILES string of the molecule is CC(C)C(=O)CCc1ccccc1CNC(=O)CN1CCN(CC(=O)O)CCN(CC(=O)O)CCN(CC(=O)O)CC1. The van der Waals surface area contributed by atoms with E-state index in [0.717, 1.165) is 11.1 Å². The standard InChI is InChI=1S/C29H45N5O8/c1-22(2)25(35)8-7-23-5-3-4-6-24(23)17-30-26(36)18-31-9-11-32(19-27(37)38)13-15-34(21-29(41)42)16-14-33(12-10-31)20-28(39)40/h3-6,22H,7-21H2,1-2H3,(H,30,36)(H,37,38)(H,39,40)(H,41,42). The molecule has 4 N–H and O–H groups in total. The van der Waals surface area contributed by atoms with E-state index in [1.165, 1.54) is 0 Å². The molecule has 0 aliphatic carbocycles. The number of carbonyl (C=O) groups is 5. The van der Waals surface area contributed by atoms with Gasteiger partial charge in [0.25, 0.3) is 0 Å². The maximum atomic E-state index is 13.0. The van der Waals surface area contributed by atoms with E-state index in [-0.39, 0.29) is 43.8 Å². The van der Waals surface area contributed by atoms with Crippen molar-refractivity contribution >= 4 is 29.6 Å². The molecule has 0 unspecified atom stereocenters. The Hall–Kier alpha value is -3.39. The number of carboxylic acid groups (broad SMARTS) is 3. The van der Waals surface area contributed by atoms with Crippen LogP contribution in [-0.4, -0.2) is 143 Å². The van der Waals surface area contributed by atoms with E-state index in [1.807, 2.05) is 43.0 Å². The maximum absolute atomic E-state index is 13.0. The van der Waals surface area contributed by atoms with Crippen LogP contribution in [0.2, 0.25) is 0 Å². The fourth-order valence-electron chi connectivity index (χ4n) is 4.76. The predicted octanol–water partition coefficient (Wildman–Crippen LogP) is -0.0641. The van der Waals surface area contributed by atoms with Gasteiger partial charge in [0.15, 0.2) is 0 Å². The normalized spacial score (nSPS) is 16.8. The predicted molar refractivity (Wildman–Crippen MR) is 155 cm³/mol. The van der Waals surface area contributed by atoms with E-state index in [4.69, 9.17) is 0 Å². The first-order valence-corrected chi connectivity index (χ1v) is 14.3. The zero-order valence-electron chi connectivity index (χ0n) is 24.7. The number of hydrogen-bond donors (Lipinski definition) is 4. The number of Topliss-reactive ketones (excluding diaryl/α,β-unsaturated/α-hetero) is 1. The monoisotopic (exact) mass is 591 g/mol. The molecular weight excluding hydrogens is 546 g/mol. The summed E-state index contributed by atoms with van der Waals surface area (Å²) in [5, 5.41) is 31.0. The van der Waals surface area contributed by atoms with Crippen LogP contribution in [-0.2, 0) is 36.9 Å². The van der Waals surface area contributed by atoms with Crippen LogP contribution in [0.5, 0.6) is 0 Å². The van der Waals surface area contributed by atoms with Crippen molar-refractivity contribution < 1.29 is 39.3 Å². The number of aliphatic carboxylic acids is 3. The van der Waals surface area contributed by atoms with Crippen LogP contribution in [0.25, 0.3) is 0 Å². The second-order valence-corrected chi connectivity index (χ2v) is 11.0. The molecule has 0 spiro atoms. The minimum absolute atomic E-state index is 0.0293. The van der Waals surface area contributed by atoms with Gasteiger partial charge in [0.05, 0.1) is 26.2 Å². The molecule has 1 amide bonds. The molecule has 1 fully saturated rings. The third kappa shape index (κ3) is 14.0. The van der Waals surface area contributed by atoms with Gasteiger partial charge in [0.1, 0.15) is 5.78 Å². The average molecular weight is 592 g/mol. The van der Waals surface area contributed by atoms with Crippen molar-refractivity contribution in [2.75, 3.05) is 78.5 Å². The summed E-state index contributed by atoms with van der Waals surface area (Å²) in [4.78, 5) is 66.4. The highest BCUT2D eigenvalue weighted by molar-refractivity contribution is 5.80. The van der Waals surface area contributed by atoms with Gasteiger partial charge in [-0.05, 0) is 17.5 Å². The lowest BCUT2D eigenvalue weighted by Crippen LogP contribution is -2.49. The van der Waals surface area contributed by atoms with Gasteiger partial charge < -0.3 is 20.6 Å². The topological polar surface area (TPSA) is 171 Å². The van der Waals surface area contributed by atoms with Gasteiger partial charge in [-0.15, -0.1) is 0 Å². The first kappa shape index (κ1) is 34.8. The van der Waals surface area contributed by atoms with E-state index in [1.54, 1.807) is 14.7 Å². The number of rotatable bonds is 14. The van der Waals surface area contributed by atoms with Gasteiger partial charge in [-0.1, -0.05) is 38.1 Å². The maximum Gasteiger partial charge on any atom is 0.317 e. The Morgan fingerprint density at radius 1 is 0.667 bits per heavy atom. The van der Waals surface area contributed by atoms with E-state index in [9.17, 15) is 39.3 Å². The molecule has 1 aromatic carbocycles. The molecule has 1 heterocycles. The van der Waals surface area contributed by atoms with Gasteiger partial charge in [0.2, 0.25) is 5.91 Å². The molecule has 1 aliphatic heterocycles. The van der Waals surface area contributed by atoms with Crippen LogP contribution in [0.15, 0.2) is 24.3 Å². The highest BCUT2D eigenvalue weighted by atomic mass is 16.4.